The van der Waals surface area contributed by atoms with E-state index < -0.39 is 5.38 Å². The second-order valence-electron chi connectivity index (χ2n) is 1.16. The predicted octanol–water partition coefficient (Wildman–Crippen LogP) is 2.73. The van der Waals surface area contributed by atoms with Gasteiger partial charge in [-0.3, -0.25) is 0 Å². The normalized spacial score (nSPS) is 12.0. The fourth-order valence-corrected chi connectivity index (χ4v) is 0.722. The third kappa shape index (κ3) is 6.50. The molecule has 0 unspecified atom stereocenters. The SMILES string of the molecule is C[CH]SCC(F)(F)Cl. The van der Waals surface area contributed by atoms with Gasteiger partial charge in [0.15, 0.2) is 0 Å². The zero-order valence-corrected chi connectivity index (χ0v) is 5.90. The molecule has 0 atom stereocenters. The number of rotatable bonds is 3. The second kappa shape index (κ2) is 3.51. The second-order valence-corrected chi connectivity index (χ2v) is 2.81. The Hall–Kier alpha value is 0.500. The molecule has 0 amide bonds. The zero-order chi connectivity index (χ0) is 6.62. The van der Waals surface area contributed by atoms with Gasteiger partial charge in [-0.05, 0) is 11.6 Å². The summed E-state index contributed by atoms with van der Waals surface area (Å²) in [6.07, 6.45) is 0. The van der Waals surface area contributed by atoms with Gasteiger partial charge < -0.3 is 0 Å². The van der Waals surface area contributed by atoms with Crippen molar-refractivity contribution in [3.05, 3.63) is 5.75 Å². The first-order chi connectivity index (χ1) is 3.56. The molecule has 0 heterocycles. The molecule has 0 nitrogen and oxygen atoms in total. The summed E-state index contributed by atoms with van der Waals surface area (Å²) >= 11 is 5.55. The van der Waals surface area contributed by atoms with Crippen molar-refractivity contribution in [3.8, 4) is 0 Å². The molecule has 0 spiro atoms. The van der Waals surface area contributed by atoms with Crippen LogP contribution in [-0.2, 0) is 0 Å². The number of halogens is 3. The highest BCUT2D eigenvalue weighted by Gasteiger charge is 2.23. The van der Waals surface area contributed by atoms with Crippen LogP contribution >= 0.6 is 23.4 Å². The topological polar surface area (TPSA) is 0 Å². The van der Waals surface area contributed by atoms with Crippen molar-refractivity contribution < 1.29 is 8.78 Å². The molecule has 0 rings (SSSR count). The zero-order valence-electron chi connectivity index (χ0n) is 4.33. The Morgan fingerprint density at radius 2 is 2.25 bits per heavy atom. The van der Waals surface area contributed by atoms with Crippen LogP contribution in [0.1, 0.15) is 6.92 Å². The highest BCUT2D eigenvalue weighted by atomic mass is 35.5. The first-order valence-corrected chi connectivity index (χ1v) is 3.45. The lowest BCUT2D eigenvalue weighted by atomic mass is 10.8. The molecule has 0 fully saturated rings. The minimum Gasteiger partial charge on any atom is -0.187 e. The molecule has 0 aliphatic heterocycles. The summed E-state index contributed by atoms with van der Waals surface area (Å²) in [4.78, 5) is 0. The van der Waals surface area contributed by atoms with E-state index >= 15 is 0 Å². The Morgan fingerprint density at radius 3 is 2.38 bits per heavy atom. The van der Waals surface area contributed by atoms with Crippen molar-refractivity contribution in [1.29, 1.82) is 0 Å². The Bertz CT molecular complexity index is 61.5. The lowest BCUT2D eigenvalue weighted by Gasteiger charge is -2.03. The minimum atomic E-state index is -3.04. The summed E-state index contributed by atoms with van der Waals surface area (Å²) in [5, 5.41) is -3.04. The molecule has 49 valence electrons. The summed E-state index contributed by atoms with van der Waals surface area (Å²) in [6, 6.07) is 0. The van der Waals surface area contributed by atoms with E-state index in [0.717, 1.165) is 11.8 Å². The van der Waals surface area contributed by atoms with Crippen molar-refractivity contribution in [2.24, 2.45) is 0 Å². The first kappa shape index (κ1) is 8.50. The minimum absolute atomic E-state index is 0.342. The smallest absolute Gasteiger partial charge is 0.187 e. The Morgan fingerprint density at radius 1 is 1.75 bits per heavy atom. The lowest BCUT2D eigenvalue weighted by Crippen LogP contribution is -2.08. The van der Waals surface area contributed by atoms with E-state index in [1.807, 2.05) is 0 Å². The molecule has 0 aromatic heterocycles. The molecule has 4 heteroatoms. The largest absolute Gasteiger partial charge is 0.330 e. The monoisotopic (exact) mass is 159 g/mol. The van der Waals surface area contributed by atoms with Crippen LogP contribution in [0.4, 0.5) is 8.78 Å². The van der Waals surface area contributed by atoms with Crippen molar-refractivity contribution in [3.63, 3.8) is 0 Å². The average Bonchev–Trinajstić information content (AvgIpc) is 1.59. The van der Waals surface area contributed by atoms with Crippen molar-refractivity contribution in [2.75, 3.05) is 5.75 Å². The van der Waals surface area contributed by atoms with E-state index in [-0.39, 0.29) is 5.75 Å². The number of alkyl halides is 3. The lowest BCUT2D eigenvalue weighted by molar-refractivity contribution is 0.125. The van der Waals surface area contributed by atoms with Crippen LogP contribution in [0.2, 0.25) is 0 Å². The van der Waals surface area contributed by atoms with Gasteiger partial charge in [-0.15, -0.1) is 0 Å². The van der Waals surface area contributed by atoms with Gasteiger partial charge in [0.25, 0.3) is 0 Å². The van der Waals surface area contributed by atoms with Gasteiger partial charge in [0.2, 0.25) is 0 Å². The fourth-order valence-electron chi connectivity index (χ4n) is 0.178. The van der Waals surface area contributed by atoms with E-state index in [4.69, 9.17) is 0 Å². The summed E-state index contributed by atoms with van der Waals surface area (Å²) in [5.74, 6) is 1.24. The van der Waals surface area contributed by atoms with Gasteiger partial charge in [-0.1, -0.05) is 6.92 Å². The molecule has 0 aliphatic carbocycles. The van der Waals surface area contributed by atoms with E-state index in [1.54, 1.807) is 12.7 Å². The first-order valence-electron chi connectivity index (χ1n) is 2.02. The maximum Gasteiger partial charge on any atom is 0.330 e. The summed E-state index contributed by atoms with van der Waals surface area (Å²) < 4.78 is 23.3. The Kier molecular flexibility index (Phi) is 3.73. The summed E-state index contributed by atoms with van der Waals surface area (Å²) in [6.45, 7) is 1.69. The van der Waals surface area contributed by atoms with Gasteiger partial charge in [0, 0.05) is 5.75 Å². The Labute approximate surface area is 56.6 Å². The van der Waals surface area contributed by atoms with Crippen molar-refractivity contribution in [1.82, 2.24) is 0 Å². The van der Waals surface area contributed by atoms with Crippen LogP contribution in [0.5, 0.6) is 0 Å². The standard InChI is InChI=1S/C4H6ClF2S/c1-2-8-3-4(5,6)7/h2H,3H2,1H3. The highest BCUT2D eigenvalue weighted by Crippen LogP contribution is 2.24. The fraction of sp³-hybridized carbons (Fsp3) is 0.750. The highest BCUT2D eigenvalue weighted by molar-refractivity contribution is 8.01. The van der Waals surface area contributed by atoms with E-state index in [1.165, 1.54) is 0 Å². The van der Waals surface area contributed by atoms with Crippen LogP contribution in [0.25, 0.3) is 0 Å². The summed E-state index contributed by atoms with van der Waals surface area (Å²) in [7, 11) is 0. The number of hydrogen-bond donors (Lipinski definition) is 0. The maximum atomic E-state index is 11.6. The van der Waals surface area contributed by atoms with E-state index in [2.05, 4.69) is 11.6 Å². The van der Waals surface area contributed by atoms with E-state index in [0.29, 0.717) is 0 Å². The van der Waals surface area contributed by atoms with Gasteiger partial charge in [-0.2, -0.15) is 20.5 Å². The molecule has 0 N–H and O–H groups in total. The van der Waals surface area contributed by atoms with Crippen molar-refractivity contribution in [2.45, 2.75) is 12.3 Å². The molecule has 1 radical (unpaired) electrons. The molecule has 0 saturated heterocycles. The van der Waals surface area contributed by atoms with E-state index in [9.17, 15) is 8.78 Å². The predicted molar refractivity (Wildman–Crippen MR) is 33.2 cm³/mol. The van der Waals surface area contributed by atoms with Crippen LogP contribution in [-0.4, -0.2) is 11.1 Å². The maximum absolute atomic E-state index is 11.6. The molecule has 0 aromatic rings. The molecule has 0 aromatic carbocycles. The molecular weight excluding hydrogens is 154 g/mol. The number of thioether (sulfide) groups is 1. The summed E-state index contributed by atoms with van der Waals surface area (Å²) in [5.41, 5.74) is 0. The third-order valence-corrected chi connectivity index (χ3v) is 1.57. The molecule has 8 heavy (non-hydrogen) atoms. The van der Waals surface area contributed by atoms with Crippen LogP contribution in [0, 0.1) is 5.75 Å². The molecule has 0 aliphatic rings. The van der Waals surface area contributed by atoms with Gasteiger partial charge >= 0.3 is 5.38 Å². The molecular formula is C4H6ClF2S. The molecule has 0 saturated carbocycles. The van der Waals surface area contributed by atoms with Crippen LogP contribution < -0.4 is 0 Å². The number of hydrogen-bond acceptors (Lipinski definition) is 1. The van der Waals surface area contributed by atoms with Gasteiger partial charge in [0.1, 0.15) is 0 Å². The van der Waals surface area contributed by atoms with Crippen LogP contribution in [0.3, 0.4) is 0 Å². The van der Waals surface area contributed by atoms with Crippen molar-refractivity contribution >= 4 is 23.4 Å². The average molecular weight is 160 g/mol. The van der Waals surface area contributed by atoms with Gasteiger partial charge in [0.05, 0.1) is 5.75 Å². The quantitative estimate of drug-likeness (QED) is 0.571. The molecule has 0 bridgehead atoms. The third-order valence-electron chi connectivity index (χ3n) is 0.414. The van der Waals surface area contributed by atoms with Gasteiger partial charge in [-0.25, -0.2) is 0 Å². The van der Waals surface area contributed by atoms with Crippen LogP contribution in [0.15, 0.2) is 0 Å². The Balaban J connectivity index is 3.11.